The van der Waals surface area contributed by atoms with Crippen LogP contribution in [0.2, 0.25) is 0 Å². The number of rotatable bonds is 2. The van der Waals surface area contributed by atoms with E-state index >= 15 is 0 Å². The van der Waals surface area contributed by atoms with Gasteiger partial charge in [-0.15, -0.1) is 0 Å². The lowest BCUT2D eigenvalue weighted by molar-refractivity contribution is 0.482. The minimum atomic E-state index is 0.506. The standard InChI is InChI=1S/C15H13N3O/c16-13-6-5-11(8-14(13)17)19-12-7-10-3-1-2-4-15(10)18-9-12/h1-9H,16-17H2. The van der Waals surface area contributed by atoms with Crippen molar-refractivity contribution in [2.24, 2.45) is 0 Å². The van der Waals surface area contributed by atoms with Crippen LogP contribution in [0, 0.1) is 0 Å². The van der Waals surface area contributed by atoms with Gasteiger partial charge >= 0.3 is 0 Å². The van der Waals surface area contributed by atoms with Crippen molar-refractivity contribution in [3.8, 4) is 11.5 Å². The van der Waals surface area contributed by atoms with Crippen molar-refractivity contribution in [2.45, 2.75) is 0 Å². The molecular weight excluding hydrogens is 238 g/mol. The van der Waals surface area contributed by atoms with Gasteiger partial charge in [-0.05, 0) is 24.3 Å². The Hall–Kier alpha value is -2.75. The summed E-state index contributed by atoms with van der Waals surface area (Å²) >= 11 is 0. The van der Waals surface area contributed by atoms with Crippen LogP contribution in [-0.4, -0.2) is 4.98 Å². The molecule has 0 saturated carbocycles. The second kappa shape index (κ2) is 4.49. The zero-order valence-electron chi connectivity index (χ0n) is 10.2. The first kappa shape index (κ1) is 11.3. The highest BCUT2D eigenvalue weighted by Gasteiger charge is 2.02. The Balaban J connectivity index is 1.94. The highest BCUT2D eigenvalue weighted by atomic mass is 16.5. The summed E-state index contributed by atoms with van der Waals surface area (Å²) in [5, 5.41) is 1.03. The summed E-state index contributed by atoms with van der Waals surface area (Å²) in [6, 6.07) is 15.0. The van der Waals surface area contributed by atoms with E-state index in [-0.39, 0.29) is 0 Å². The molecule has 3 rings (SSSR count). The number of nitrogens with two attached hydrogens (primary N) is 2. The molecule has 4 heteroatoms. The van der Waals surface area contributed by atoms with Gasteiger partial charge in [-0.2, -0.15) is 0 Å². The first-order chi connectivity index (χ1) is 9.22. The van der Waals surface area contributed by atoms with Crippen LogP contribution in [0.15, 0.2) is 54.7 Å². The molecule has 0 amide bonds. The van der Waals surface area contributed by atoms with Crippen LogP contribution in [-0.2, 0) is 0 Å². The topological polar surface area (TPSA) is 74.2 Å². The van der Waals surface area contributed by atoms with Gasteiger partial charge < -0.3 is 16.2 Å². The average Bonchev–Trinajstić information content (AvgIpc) is 2.43. The predicted octanol–water partition coefficient (Wildman–Crippen LogP) is 3.19. The minimum Gasteiger partial charge on any atom is -0.456 e. The van der Waals surface area contributed by atoms with Crippen molar-refractivity contribution < 1.29 is 4.74 Å². The van der Waals surface area contributed by atoms with E-state index in [2.05, 4.69) is 4.98 Å². The van der Waals surface area contributed by atoms with Crippen LogP contribution >= 0.6 is 0 Å². The van der Waals surface area contributed by atoms with Crippen LogP contribution < -0.4 is 16.2 Å². The largest absolute Gasteiger partial charge is 0.456 e. The first-order valence-corrected chi connectivity index (χ1v) is 5.90. The summed E-state index contributed by atoms with van der Waals surface area (Å²) in [7, 11) is 0. The number of nitrogen functional groups attached to an aromatic ring is 2. The second-order valence-corrected chi connectivity index (χ2v) is 4.26. The van der Waals surface area contributed by atoms with Gasteiger partial charge in [0.05, 0.1) is 23.1 Å². The van der Waals surface area contributed by atoms with Crippen molar-refractivity contribution in [3.05, 3.63) is 54.7 Å². The molecule has 0 unspecified atom stereocenters. The highest BCUT2D eigenvalue weighted by Crippen LogP contribution is 2.27. The van der Waals surface area contributed by atoms with Gasteiger partial charge in [0.25, 0.3) is 0 Å². The third kappa shape index (κ3) is 2.28. The van der Waals surface area contributed by atoms with Gasteiger partial charge in [0.2, 0.25) is 0 Å². The molecule has 0 saturated heterocycles. The van der Waals surface area contributed by atoms with Crippen molar-refractivity contribution in [2.75, 3.05) is 11.5 Å². The third-order valence-electron chi connectivity index (χ3n) is 2.86. The first-order valence-electron chi connectivity index (χ1n) is 5.90. The fourth-order valence-corrected chi connectivity index (χ4v) is 1.86. The number of anilines is 2. The Bertz CT molecular complexity index is 740. The van der Waals surface area contributed by atoms with E-state index < -0.39 is 0 Å². The van der Waals surface area contributed by atoms with Gasteiger partial charge in [-0.1, -0.05) is 18.2 Å². The molecule has 0 bridgehead atoms. The van der Waals surface area contributed by atoms with Crippen LogP contribution in [0.4, 0.5) is 11.4 Å². The van der Waals surface area contributed by atoms with Gasteiger partial charge in [0.15, 0.2) is 0 Å². The smallest absolute Gasteiger partial charge is 0.146 e. The lowest BCUT2D eigenvalue weighted by Crippen LogP contribution is -1.95. The number of hydrogen-bond acceptors (Lipinski definition) is 4. The van der Waals surface area contributed by atoms with Crippen LogP contribution in [0.25, 0.3) is 10.9 Å². The fourth-order valence-electron chi connectivity index (χ4n) is 1.86. The number of nitrogens with zero attached hydrogens (tertiary/aromatic N) is 1. The number of benzene rings is 2. The molecule has 0 fully saturated rings. The van der Waals surface area contributed by atoms with E-state index in [9.17, 15) is 0 Å². The Kier molecular flexibility index (Phi) is 2.68. The Morgan fingerprint density at radius 3 is 2.53 bits per heavy atom. The monoisotopic (exact) mass is 251 g/mol. The zero-order valence-corrected chi connectivity index (χ0v) is 10.2. The molecule has 3 aromatic rings. The molecule has 0 aliphatic rings. The van der Waals surface area contributed by atoms with E-state index in [4.69, 9.17) is 16.2 Å². The molecule has 1 aromatic heterocycles. The summed E-state index contributed by atoms with van der Waals surface area (Å²) in [4.78, 5) is 4.34. The van der Waals surface area contributed by atoms with E-state index in [0.29, 0.717) is 22.9 Å². The summed E-state index contributed by atoms with van der Waals surface area (Å²) < 4.78 is 5.72. The molecular formula is C15H13N3O. The van der Waals surface area contributed by atoms with Gasteiger partial charge in [0, 0.05) is 11.5 Å². The van der Waals surface area contributed by atoms with E-state index in [1.54, 1.807) is 24.4 Å². The van der Waals surface area contributed by atoms with Crippen LogP contribution in [0.1, 0.15) is 0 Å². The van der Waals surface area contributed by atoms with E-state index in [0.717, 1.165) is 10.9 Å². The fraction of sp³-hybridized carbons (Fsp3) is 0. The summed E-state index contributed by atoms with van der Waals surface area (Å²) in [5.74, 6) is 1.31. The molecule has 0 radical (unpaired) electrons. The molecule has 94 valence electrons. The predicted molar refractivity (Wildman–Crippen MR) is 77.1 cm³/mol. The van der Waals surface area contributed by atoms with Crippen LogP contribution in [0.3, 0.4) is 0 Å². The maximum Gasteiger partial charge on any atom is 0.146 e. The van der Waals surface area contributed by atoms with Crippen molar-refractivity contribution in [1.82, 2.24) is 4.98 Å². The molecule has 1 heterocycles. The Labute approximate surface area is 110 Å². The van der Waals surface area contributed by atoms with Crippen molar-refractivity contribution in [3.63, 3.8) is 0 Å². The van der Waals surface area contributed by atoms with Gasteiger partial charge in [-0.3, -0.25) is 4.98 Å². The number of aromatic nitrogens is 1. The van der Waals surface area contributed by atoms with Gasteiger partial charge in [0.1, 0.15) is 11.5 Å². The van der Waals surface area contributed by atoms with Crippen molar-refractivity contribution >= 4 is 22.3 Å². The summed E-state index contributed by atoms with van der Waals surface area (Å²) in [5.41, 5.74) is 13.4. The van der Waals surface area contributed by atoms with Gasteiger partial charge in [-0.25, -0.2) is 0 Å². The molecule has 0 aliphatic carbocycles. The minimum absolute atomic E-state index is 0.506. The number of fused-ring (bicyclic) bond motifs is 1. The highest BCUT2D eigenvalue weighted by molar-refractivity contribution is 5.79. The quantitative estimate of drug-likeness (QED) is 0.686. The summed E-state index contributed by atoms with van der Waals surface area (Å²) in [6.07, 6.45) is 1.69. The number of para-hydroxylation sites is 1. The zero-order chi connectivity index (χ0) is 13.2. The number of ether oxygens (including phenoxy) is 1. The number of pyridine rings is 1. The number of hydrogen-bond donors (Lipinski definition) is 2. The molecule has 4 nitrogen and oxygen atoms in total. The lowest BCUT2D eigenvalue weighted by Gasteiger charge is -2.08. The molecule has 19 heavy (non-hydrogen) atoms. The van der Waals surface area contributed by atoms with E-state index in [1.165, 1.54) is 0 Å². The Morgan fingerprint density at radius 1 is 0.842 bits per heavy atom. The molecule has 0 spiro atoms. The van der Waals surface area contributed by atoms with Crippen molar-refractivity contribution in [1.29, 1.82) is 0 Å². The maximum absolute atomic E-state index is 5.74. The molecule has 0 aliphatic heterocycles. The molecule has 4 N–H and O–H groups in total. The maximum atomic E-state index is 5.74. The third-order valence-corrected chi connectivity index (χ3v) is 2.86. The Morgan fingerprint density at radius 2 is 1.68 bits per heavy atom. The second-order valence-electron chi connectivity index (χ2n) is 4.26. The average molecular weight is 251 g/mol. The van der Waals surface area contributed by atoms with Crippen LogP contribution in [0.5, 0.6) is 11.5 Å². The SMILES string of the molecule is Nc1ccc(Oc2cnc3ccccc3c2)cc1N. The normalized spacial score (nSPS) is 10.5. The lowest BCUT2D eigenvalue weighted by atomic mass is 10.2. The molecule has 2 aromatic carbocycles. The molecule has 0 atom stereocenters. The summed E-state index contributed by atoms with van der Waals surface area (Å²) in [6.45, 7) is 0. The van der Waals surface area contributed by atoms with E-state index in [1.807, 2.05) is 30.3 Å².